The molecule has 0 saturated heterocycles. The lowest BCUT2D eigenvalue weighted by atomic mass is 9.98. The van der Waals surface area contributed by atoms with E-state index in [1.165, 1.54) is 38.2 Å². The molecule has 0 bridgehead atoms. The SMILES string of the molecule is CC(NCCOC1CCCCC1)c1ccc(Cl)c(F)c1. The van der Waals surface area contributed by atoms with E-state index in [9.17, 15) is 4.39 Å². The van der Waals surface area contributed by atoms with Crippen LogP contribution in [-0.2, 0) is 4.74 Å². The lowest BCUT2D eigenvalue weighted by molar-refractivity contribution is 0.0295. The maximum absolute atomic E-state index is 13.4. The summed E-state index contributed by atoms with van der Waals surface area (Å²) in [4.78, 5) is 0. The lowest BCUT2D eigenvalue weighted by Crippen LogP contribution is -2.26. The van der Waals surface area contributed by atoms with E-state index in [1.807, 2.05) is 13.0 Å². The highest BCUT2D eigenvalue weighted by atomic mass is 35.5. The Labute approximate surface area is 125 Å². The molecule has 1 aromatic carbocycles. The van der Waals surface area contributed by atoms with Gasteiger partial charge in [0.25, 0.3) is 0 Å². The quantitative estimate of drug-likeness (QED) is 0.782. The second kappa shape index (κ2) is 7.96. The highest BCUT2D eigenvalue weighted by molar-refractivity contribution is 6.30. The van der Waals surface area contributed by atoms with Gasteiger partial charge >= 0.3 is 0 Å². The van der Waals surface area contributed by atoms with Crippen molar-refractivity contribution in [3.05, 3.63) is 34.6 Å². The number of benzene rings is 1. The first kappa shape index (κ1) is 15.7. The third-order valence-corrected chi connectivity index (χ3v) is 4.21. The van der Waals surface area contributed by atoms with Gasteiger partial charge in [-0.15, -0.1) is 0 Å². The molecule has 2 rings (SSSR count). The molecular formula is C16H23ClFNO. The summed E-state index contributed by atoms with van der Waals surface area (Å²) in [5.41, 5.74) is 0.907. The number of hydrogen-bond acceptors (Lipinski definition) is 2. The Morgan fingerprint density at radius 1 is 1.35 bits per heavy atom. The van der Waals surface area contributed by atoms with E-state index in [-0.39, 0.29) is 16.9 Å². The molecule has 4 heteroatoms. The molecule has 0 heterocycles. The van der Waals surface area contributed by atoms with Crippen LogP contribution >= 0.6 is 11.6 Å². The van der Waals surface area contributed by atoms with Crippen LogP contribution < -0.4 is 5.32 Å². The van der Waals surface area contributed by atoms with Crippen LogP contribution in [0.25, 0.3) is 0 Å². The maximum atomic E-state index is 13.4. The summed E-state index contributed by atoms with van der Waals surface area (Å²) in [6, 6.07) is 5.03. The molecule has 1 fully saturated rings. The Balaban J connectivity index is 1.69. The molecule has 0 spiro atoms. The minimum atomic E-state index is -0.365. The number of hydrogen-bond donors (Lipinski definition) is 1. The fourth-order valence-electron chi connectivity index (χ4n) is 2.63. The average Bonchev–Trinajstić information content (AvgIpc) is 2.47. The van der Waals surface area contributed by atoms with Gasteiger partial charge in [-0.2, -0.15) is 0 Å². The summed E-state index contributed by atoms with van der Waals surface area (Å²) >= 11 is 5.68. The van der Waals surface area contributed by atoms with E-state index in [0.717, 1.165) is 12.1 Å². The first-order valence-corrected chi connectivity index (χ1v) is 7.84. The third kappa shape index (κ3) is 4.72. The second-order valence-corrected chi connectivity index (χ2v) is 5.89. The molecule has 1 aliphatic rings. The number of halogens is 2. The van der Waals surface area contributed by atoms with Crippen LogP contribution in [0.3, 0.4) is 0 Å². The molecule has 1 atom stereocenters. The van der Waals surface area contributed by atoms with Gasteiger partial charge in [0.15, 0.2) is 0 Å². The topological polar surface area (TPSA) is 21.3 Å². The Kier molecular flexibility index (Phi) is 6.27. The van der Waals surface area contributed by atoms with Crippen molar-refractivity contribution in [2.24, 2.45) is 0 Å². The molecule has 112 valence electrons. The smallest absolute Gasteiger partial charge is 0.142 e. The summed E-state index contributed by atoms with van der Waals surface area (Å²) < 4.78 is 19.2. The number of ether oxygens (including phenoxy) is 1. The van der Waals surface area contributed by atoms with E-state index in [2.05, 4.69) is 5.32 Å². The minimum absolute atomic E-state index is 0.0942. The Morgan fingerprint density at radius 2 is 2.10 bits per heavy atom. The van der Waals surface area contributed by atoms with E-state index < -0.39 is 0 Å². The molecule has 1 aromatic rings. The van der Waals surface area contributed by atoms with Gasteiger partial charge in [0.05, 0.1) is 17.7 Å². The second-order valence-electron chi connectivity index (χ2n) is 5.48. The summed E-state index contributed by atoms with van der Waals surface area (Å²) in [5, 5.41) is 3.52. The standard InChI is InChI=1S/C16H23ClFNO/c1-12(13-7-8-15(17)16(18)11-13)19-9-10-20-14-5-3-2-4-6-14/h7-8,11-12,14,19H,2-6,9-10H2,1H3. The van der Waals surface area contributed by atoms with Gasteiger partial charge in [0.2, 0.25) is 0 Å². The van der Waals surface area contributed by atoms with Crippen LogP contribution in [-0.4, -0.2) is 19.3 Å². The normalized spacial score (nSPS) is 18.1. The van der Waals surface area contributed by atoms with Crippen LogP contribution in [0.1, 0.15) is 50.6 Å². The van der Waals surface area contributed by atoms with E-state index in [0.29, 0.717) is 12.7 Å². The van der Waals surface area contributed by atoms with Crippen molar-refractivity contribution in [2.45, 2.75) is 51.2 Å². The van der Waals surface area contributed by atoms with E-state index in [4.69, 9.17) is 16.3 Å². The first-order chi connectivity index (χ1) is 9.66. The summed E-state index contributed by atoms with van der Waals surface area (Å²) in [5.74, 6) is -0.365. The maximum Gasteiger partial charge on any atom is 0.142 e. The van der Waals surface area contributed by atoms with Gasteiger partial charge in [-0.25, -0.2) is 4.39 Å². The molecule has 1 N–H and O–H groups in total. The van der Waals surface area contributed by atoms with Crippen LogP contribution in [0, 0.1) is 5.82 Å². The zero-order chi connectivity index (χ0) is 14.4. The molecule has 1 saturated carbocycles. The predicted octanol–water partition coefficient (Wildman–Crippen LogP) is 4.48. The van der Waals surface area contributed by atoms with Crippen molar-refractivity contribution < 1.29 is 9.13 Å². The van der Waals surface area contributed by atoms with Crippen molar-refractivity contribution >= 4 is 11.6 Å². The third-order valence-electron chi connectivity index (χ3n) is 3.90. The van der Waals surface area contributed by atoms with Gasteiger partial charge in [-0.05, 0) is 37.5 Å². The summed E-state index contributed by atoms with van der Waals surface area (Å²) in [6.07, 6.45) is 6.75. The van der Waals surface area contributed by atoms with E-state index in [1.54, 1.807) is 6.07 Å². The zero-order valence-electron chi connectivity index (χ0n) is 12.0. The molecule has 0 radical (unpaired) electrons. The number of nitrogens with one attached hydrogen (secondary N) is 1. The molecule has 0 aromatic heterocycles. The van der Waals surface area contributed by atoms with Crippen molar-refractivity contribution in [2.75, 3.05) is 13.2 Å². The summed E-state index contributed by atoms with van der Waals surface area (Å²) in [6.45, 7) is 3.51. The summed E-state index contributed by atoms with van der Waals surface area (Å²) in [7, 11) is 0. The van der Waals surface area contributed by atoms with Gasteiger partial charge < -0.3 is 10.1 Å². The molecule has 1 unspecified atom stereocenters. The van der Waals surface area contributed by atoms with Crippen molar-refractivity contribution in [1.82, 2.24) is 5.32 Å². The predicted molar refractivity (Wildman–Crippen MR) is 80.7 cm³/mol. The minimum Gasteiger partial charge on any atom is -0.377 e. The zero-order valence-corrected chi connectivity index (χ0v) is 12.8. The van der Waals surface area contributed by atoms with Gasteiger partial charge in [-0.3, -0.25) is 0 Å². The Hall–Kier alpha value is -0.640. The van der Waals surface area contributed by atoms with E-state index >= 15 is 0 Å². The first-order valence-electron chi connectivity index (χ1n) is 7.47. The monoisotopic (exact) mass is 299 g/mol. The molecule has 0 amide bonds. The molecule has 1 aliphatic carbocycles. The molecular weight excluding hydrogens is 277 g/mol. The van der Waals surface area contributed by atoms with Gasteiger partial charge in [0.1, 0.15) is 5.82 Å². The molecule has 2 nitrogen and oxygen atoms in total. The fraction of sp³-hybridized carbons (Fsp3) is 0.625. The van der Waals surface area contributed by atoms with Gasteiger partial charge in [0, 0.05) is 12.6 Å². The largest absolute Gasteiger partial charge is 0.377 e. The van der Waals surface area contributed by atoms with Crippen LogP contribution in [0.2, 0.25) is 5.02 Å². The Bertz CT molecular complexity index is 421. The van der Waals surface area contributed by atoms with Crippen molar-refractivity contribution in [3.63, 3.8) is 0 Å². The fourth-order valence-corrected chi connectivity index (χ4v) is 2.75. The van der Waals surface area contributed by atoms with Crippen molar-refractivity contribution in [3.8, 4) is 0 Å². The molecule has 20 heavy (non-hydrogen) atoms. The molecule has 0 aliphatic heterocycles. The Morgan fingerprint density at radius 3 is 2.80 bits per heavy atom. The highest BCUT2D eigenvalue weighted by Crippen LogP contribution is 2.21. The van der Waals surface area contributed by atoms with Crippen LogP contribution in [0.4, 0.5) is 4.39 Å². The van der Waals surface area contributed by atoms with Crippen LogP contribution in [0.15, 0.2) is 18.2 Å². The highest BCUT2D eigenvalue weighted by Gasteiger charge is 2.13. The lowest BCUT2D eigenvalue weighted by Gasteiger charge is -2.22. The average molecular weight is 300 g/mol. The van der Waals surface area contributed by atoms with Crippen molar-refractivity contribution in [1.29, 1.82) is 0 Å². The number of rotatable bonds is 6. The van der Waals surface area contributed by atoms with Crippen LogP contribution in [0.5, 0.6) is 0 Å². The van der Waals surface area contributed by atoms with Gasteiger partial charge in [-0.1, -0.05) is 36.9 Å².